The van der Waals surface area contributed by atoms with Crippen LogP contribution in [0.15, 0.2) is 24.3 Å². The van der Waals surface area contributed by atoms with Crippen LogP contribution in [0.25, 0.3) is 0 Å². The molecule has 1 aromatic rings. The second-order valence-electron chi connectivity index (χ2n) is 7.35. The number of nitrogens with zero attached hydrogens (tertiary/aromatic N) is 1. The lowest BCUT2D eigenvalue weighted by molar-refractivity contribution is -0.117. The Labute approximate surface area is 139 Å². The molecule has 128 valence electrons. The van der Waals surface area contributed by atoms with Gasteiger partial charge in [0.05, 0.1) is 18.1 Å². The molecule has 0 aliphatic carbocycles. The quantitative estimate of drug-likeness (QED) is 0.912. The SMILES string of the molecule is CN(CC(=O)Nc1ccc(C(C)(C)C)cc1)[C@@H]1CCS(=O)(=O)C1. The highest BCUT2D eigenvalue weighted by Crippen LogP contribution is 2.23. The third-order valence-corrected chi connectivity index (χ3v) is 6.01. The lowest BCUT2D eigenvalue weighted by atomic mass is 9.87. The number of hydrogen-bond donors (Lipinski definition) is 1. The summed E-state index contributed by atoms with van der Waals surface area (Å²) in [5.41, 5.74) is 2.05. The molecule has 5 nitrogen and oxygen atoms in total. The Kier molecular flexibility index (Phi) is 5.16. The lowest BCUT2D eigenvalue weighted by Crippen LogP contribution is -2.38. The van der Waals surface area contributed by atoms with E-state index in [0.29, 0.717) is 6.42 Å². The first-order chi connectivity index (χ1) is 10.6. The minimum Gasteiger partial charge on any atom is -0.325 e. The summed E-state index contributed by atoms with van der Waals surface area (Å²) in [6.07, 6.45) is 0.604. The largest absolute Gasteiger partial charge is 0.325 e. The minimum absolute atomic E-state index is 0.0611. The molecule has 1 fully saturated rings. The number of likely N-dealkylation sites (N-methyl/N-ethyl adjacent to an activating group) is 1. The number of anilines is 1. The molecule has 0 bridgehead atoms. The van der Waals surface area contributed by atoms with Crippen molar-refractivity contribution in [1.29, 1.82) is 0 Å². The number of hydrogen-bond acceptors (Lipinski definition) is 4. The molecule has 1 aliphatic rings. The van der Waals surface area contributed by atoms with E-state index in [1.165, 1.54) is 5.56 Å². The monoisotopic (exact) mass is 338 g/mol. The van der Waals surface area contributed by atoms with E-state index in [1.54, 1.807) is 7.05 Å². The molecule has 1 aliphatic heterocycles. The number of sulfone groups is 1. The van der Waals surface area contributed by atoms with E-state index in [1.807, 2.05) is 29.2 Å². The van der Waals surface area contributed by atoms with Crippen LogP contribution in [0.1, 0.15) is 32.8 Å². The smallest absolute Gasteiger partial charge is 0.238 e. The van der Waals surface area contributed by atoms with E-state index in [2.05, 4.69) is 26.1 Å². The predicted octanol–water partition coefficient (Wildman–Crippen LogP) is 2.04. The zero-order valence-corrected chi connectivity index (χ0v) is 15.1. The molecule has 6 heteroatoms. The van der Waals surface area contributed by atoms with E-state index in [9.17, 15) is 13.2 Å². The Balaban J connectivity index is 1.90. The molecule has 1 amide bonds. The molecule has 23 heavy (non-hydrogen) atoms. The number of amides is 1. The molecule has 2 rings (SSSR count). The fourth-order valence-corrected chi connectivity index (χ4v) is 4.54. The number of rotatable bonds is 4. The molecule has 0 unspecified atom stereocenters. The summed E-state index contributed by atoms with van der Waals surface area (Å²) in [6, 6.07) is 7.77. The fraction of sp³-hybridized carbons (Fsp3) is 0.588. The average molecular weight is 338 g/mol. The van der Waals surface area contributed by atoms with Crippen molar-refractivity contribution in [2.45, 2.75) is 38.6 Å². The van der Waals surface area contributed by atoms with Gasteiger partial charge in [-0.3, -0.25) is 9.69 Å². The van der Waals surface area contributed by atoms with Gasteiger partial charge in [0.1, 0.15) is 0 Å². The number of carbonyl (C=O) groups is 1. The Morgan fingerprint density at radius 2 is 1.87 bits per heavy atom. The molecule has 0 radical (unpaired) electrons. The Morgan fingerprint density at radius 1 is 1.26 bits per heavy atom. The zero-order chi connectivity index (χ0) is 17.3. The highest BCUT2D eigenvalue weighted by atomic mass is 32.2. The van der Waals surface area contributed by atoms with E-state index >= 15 is 0 Å². The molecule has 1 aromatic carbocycles. The molecule has 1 atom stereocenters. The number of nitrogens with one attached hydrogen (secondary N) is 1. The maximum absolute atomic E-state index is 12.1. The number of carbonyl (C=O) groups excluding carboxylic acids is 1. The van der Waals surface area contributed by atoms with Gasteiger partial charge in [-0.25, -0.2) is 8.42 Å². The second-order valence-corrected chi connectivity index (χ2v) is 9.58. The van der Waals surface area contributed by atoms with Crippen LogP contribution in [0.4, 0.5) is 5.69 Å². The van der Waals surface area contributed by atoms with Crippen LogP contribution < -0.4 is 5.32 Å². The maximum Gasteiger partial charge on any atom is 0.238 e. The summed E-state index contributed by atoms with van der Waals surface area (Å²) in [6.45, 7) is 6.63. The standard InChI is InChI=1S/C17H26N2O3S/c1-17(2,3)13-5-7-14(8-6-13)18-16(20)11-19(4)15-9-10-23(21,22)12-15/h5-8,15H,9-12H2,1-4H3,(H,18,20)/t15-/m1/s1. The van der Waals surface area contributed by atoms with Crippen molar-refractivity contribution < 1.29 is 13.2 Å². The van der Waals surface area contributed by atoms with E-state index in [4.69, 9.17) is 0 Å². The van der Waals surface area contributed by atoms with Crippen molar-refractivity contribution in [2.75, 3.05) is 30.4 Å². The fourth-order valence-electron chi connectivity index (χ4n) is 2.73. The first-order valence-electron chi connectivity index (χ1n) is 7.88. The topological polar surface area (TPSA) is 66.5 Å². The molecule has 0 saturated carbocycles. The van der Waals surface area contributed by atoms with E-state index in [-0.39, 0.29) is 35.4 Å². The Hall–Kier alpha value is -1.40. The summed E-state index contributed by atoms with van der Waals surface area (Å²) < 4.78 is 23.0. The van der Waals surface area contributed by atoms with Crippen LogP contribution >= 0.6 is 0 Å². The van der Waals surface area contributed by atoms with E-state index < -0.39 is 9.84 Å². The van der Waals surface area contributed by atoms with Crippen molar-refractivity contribution in [3.63, 3.8) is 0 Å². The van der Waals surface area contributed by atoms with Crippen LogP contribution in [0, 0.1) is 0 Å². The third kappa shape index (κ3) is 5.04. The molecule has 0 spiro atoms. The Morgan fingerprint density at radius 3 is 2.35 bits per heavy atom. The summed E-state index contributed by atoms with van der Waals surface area (Å²) in [7, 11) is -1.13. The molecular weight excluding hydrogens is 312 g/mol. The van der Waals surface area contributed by atoms with E-state index in [0.717, 1.165) is 5.69 Å². The lowest BCUT2D eigenvalue weighted by Gasteiger charge is -2.22. The van der Waals surface area contributed by atoms with Gasteiger partial charge in [-0.1, -0.05) is 32.9 Å². The van der Waals surface area contributed by atoms with Gasteiger partial charge in [0.15, 0.2) is 9.84 Å². The Bertz CT molecular complexity index is 660. The van der Waals surface area contributed by atoms with Crippen LogP contribution in [-0.2, 0) is 20.0 Å². The molecule has 1 N–H and O–H groups in total. The van der Waals surface area contributed by atoms with Crippen LogP contribution in [0.3, 0.4) is 0 Å². The third-order valence-electron chi connectivity index (χ3n) is 4.26. The molecule has 1 heterocycles. The predicted molar refractivity (Wildman–Crippen MR) is 93.5 cm³/mol. The number of benzene rings is 1. The first kappa shape index (κ1) is 17.9. The molecular formula is C17H26N2O3S. The summed E-state index contributed by atoms with van der Waals surface area (Å²) >= 11 is 0. The van der Waals surface area contributed by atoms with Crippen molar-refractivity contribution in [3.8, 4) is 0 Å². The second kappa shape index (κ2) is 6.61. The van der Waals surface area contributed by atoms with Crippen LogP contribution in [0.2, 0.25) is 0 Å². The summed E-state index contributed by atoms with van der Waals surface area (Å²) in [5.74, 6) is 0.245. The molecule has 1 saturated heterocycles. The van der Waals surface area contributed by atoms with Gasteiger partial charge in [-0.15, -0.1) is 0 Å². The van der Waals surface area contributed by atoms with Gasteiger partial charge in [0, 0.05) is 11.7 Å². The highest BCUT2D eigenvalue weighted by Gasteiger charge is 2.31. The normalized spacial score (nSPS) is 20.7. The highest BCUT2D eigenvalue weighted by molar-refractivity contribution is 7.91. The average Bonchev–Trinajstić information content (AvgIpc) is 2.78. The zero-order valence-electron chi connectivity index (χ0n) is 14.3. The van der Waals surface area contributed by atoms with Crippen molar-refractivity contribution in [1.82, 2.24) is 4.90 Å². The van der Waals surface area contributed by atoms with Crippen LogP contribution in [0.5, 0.6) is 0 Å². The van der Waals surface area contributed by atoms with Crippen molar-refractivity contribution in [2.24, 2.45) is 0 Å². The van der Waals surface area contributed by atoms with Gasteiger partial charge < -0.3 is 5.32 Å². The maximum atomic E-state index is 12.1. The summed E-state index contributed by atoms with van der Waals surface area (Å²) in [5, 5.41) is 2.87. The van der Waals surface area contributed by atoms with Crippen molar-refractivity contribution in [3.05, 3.63) is 29.8 Å². The van der Waals surface area contributed by atoms with Gasteiger partial charge in [-0.05, 0) is 36.6 Å². The van der Waals surface area contributed by atoms with Gasteiger partial charge in [0.25, 0.3) is 0 Å². The van der Waals surface area contributed by atoms with Gasteiger partial charge in [-0.2, -0.15) is 0 Å². The van der Waals surface area contributed by atoms with Gasteiger partial charge >= 0.3 is 0 Å². The van der Waals surface area contributed by atoms with Gasteiger partial charge in [0.2, 0.25) is 5.91 Å². The summed E-state index contributed by atoms with van der Waals surface area (Å²) in [4.78, 5) is 13.9. The minimum atomic E-state index is -2.93. The van der Waals surface area contributed by atoms with Crippen LogP contribution in [-0.4, -0.2) is 50.4 Å². The molecule has 0 aromatic heterocycles. The first-order valence-corrected chi connectivity index (χ1v) is 9.70. The van der Waals surface area contributed by atoms with Crippen molar-refractivity contribution >= 4 is 21.4 Å².